The average molecular weight is 492 g/mol. The summed E-state index contributed by atoms with van der Waals surface area (Å²) in [6.45, 7) is 10.2. The highest BCUT2D eigenvalue weighted by Gasteiger charge is 2.38. The van der Waals surface area contributed by atoms with Crippen LogP contribution in [0.3, 0.4) is 0 Å². The number of amidine groups is 1. The number of nitrogens with one attached hydrogen (secondary N) is 3. The van der Waals surface area contributed by atoms with Crippen molar-refractivity contribution < 1.29 is 18.0 Å². The molecule has 5 N–H and O–H groups in total. The lowest BCUT2D eigenvalue weighted by Gasteiger charge is -2.36. The SMILES string of the molecule is C=C(/N=C1\C(=C/N)N=C(Nc2c(F)cc(F)cc2F)N1[C@H]1CC[C@@H](C(=O)NCC)CC1)NC(C)C. The van der Waals surface area contributed by atoms with Gasteiger partial charge in [0, 0.05) is 42.9 Å². The summed E-state index contributed by atoms with van der Waals surface area (Å²) in [5.41, 5.74) is 5.56. The second-order valence-corrected chi connectivity index (χ2v) is 8.81. The van der Waals surface area contributed by atoms with Crippen LogP contribution in [0.1, 0.15) is 46.5 Å². The van der Waals surface area contributed by atoms with Gasteiger partial charge in [-0.2, -0.15) is 0 Å². The Labute approximate surface area is 203 Å². The zero-order valence-corrected chi connectivity index (χ0v) is 20.2. The maximum absolute atomic E-state index is 14.4. The van der Waals surface area contributed by atoms with Gasteiger partial charge < -0.3 is 21.7 Å². The number of amides is 1. The molecule has 1 aromatic carbocycles. The standard InChI is InChI=1S/C24H32F3N7O/c1-5-29-23(35)15-6-8-17(9-7-15)34-22(31-14(4)30-13(2)3)20(12-28)32-24(34)33-21-18(26)10-16(25)11-19(21)27/h10-13,15,17,30H,4-9,28H2,1-3H3,(H,29,35)(H,32,33)/b20-12+,31-22+/t15-,17+. The van der Waals surface area contributed by atoms with Crippen LogP contribution in [0.4, 0.5) is 18.9 Å². The number of carbonyl (C=O) groups is 1. The van der Waals surface area contributed by atoms with Crippen LogP contribution in [0.5, 0.6) is 0 Å². The smallest absolute Gasteiger partial charge is 0.223 e. The van der Waals surface area contributed by atoms with Crippen molar-refractivity contribution in [2.24, 2.45) is 21.6 Å². The van der Waals surface area contributed by atoms with Crippen LogP contribution in [-0.2, 0) is 4.79 Å². The molecule has 1 aromatic rings. The predicted molar refractivity (Wildman–Crippen MR) is 131 cm³/mol. The molecule has 0 spiro atoms. The van der Waals surface area contributed by atoms with Crippen LogP contribution in [0, 0.1) is 23.4 Å². The van der Waals surface area contributed by atoms with Crippen LogP contribution in [0.25, 0.3) is 0 Å². The monoisotopic (exact) mass is 491 g/mol. The summed E-state index contributed by atoms with van der Waals surface area (Å²) in [7, 11) is 0. The van der Waals surface area contributed by atoms with Crippen LogP contribution >= 0.6 is 0 Å². The Kier molecular flexibility index (Phi) is 8.42. The summed E-state index contributed by atoms with van der Waals surface area (Å²) in [6, 6.07) is 1.07. The number of guanidine groups is 1. The number of hydrogen-bond acceptors (Lipinski definition) is 6. The molecule has 8 nitrogen and oxygen atoms in total. The molecular formula is C24H32F3N7O. The van der Waals surface area contributed by atoms with Crippen LogP contribution < -0.4 is 21.7 Å². The van der Waals surface area contributed by atoms with Crippen molar-refractivity contribution in [2.45, 2.75) is 58.5 Å². The number of rotatable bonds is 7. The summed E-state index contributed by atoms with van der Waals surface area (Å²) in [4.78, 5) is 23.0. The lowest BCUT2D eigenvalue weighted by Crippen LogP contribution is -2.47. The van der Waals surface area contributed by atoms with E-state index in [2.05, 4.69) is 32.5 Å². The minimum absolute atomic E-state index is 0.0146. The lowest BCUT2D eigenvalue weighted by molar-refractivity contribution is -0.126. The van der Waals surface area contributed by atoms with Crippen molar-refractivity contribution in [3.8, 4) is 0 Å². The number of hydrogen-bond donors (Lipinski definition) is 4. The van der Waals surface area contributed by atoms with E-state index in [1.165, 1.54) is 6.20 Å². The third-order valence-electron chi connectivity index (χ3n) is 5.79. The van der Waals surface area contributed by atoms with E-state index in [9.17, 15) is 18.0 Å². The van der Waals surface area contributed by atoms with Crippen molar-refractivity contribution in [1.82, 2.24) is 15.5 Å². The predicted octanol–water partition coefficient (Wildman–Crippen LogP) is 3.55. The highest BCUT2D eigenvalue weighted by atomic mass is 19.1. The van der Waals surface area contributed by atoms with Gasteiger partial charge in [-0.3, -0.25) is 9.69 Å². The van der Waals surface area contributed by atoms with Gasteiger partial charge in [0.05, 0.1) is 0 Å². The van der Waals surface area contributed by atoms with E-state index in [0.29, 0.717) is 56.0 Å². The van der Waals surface area contributed by atoms with Crippen LogP contribution in [0.15, 0.2) is 46.4 Å². The largest absolute Gasteiger partial charge is 0.403 e. The first-order valence-electron chi connectivity index (χ1n) is 11.7. The first-order chi connectivity index (χ1) is 16.6. The summed E-state index contributed by atoms with van der Waals surface area (Å²) in [6.07, 6.45) is 3.72. The molecule has 0 unspecified atom stereocenters. The van der Waals surface area contributed by atoms with Gasteiger partial charge in [0.1, 0.15) is 23.0 Å². The Bertz CT molecular complexity index is 1040. The second kappa shape index (κ2) is 11.3. The number of nitrogens with two attached hydrogens (primary N) is 1. The van der Waals surface area contributed by atoms with E-state index < -0.39 is 23.1 Å². The van der Waals surface area contributed by atoms with Gasteiger partial charge in [-0.15, -0.1) is 0 Å². The Morgan fingerprint density at radius 1 is 1.26 bits per heavy atom. The maximum atomic E-state index is 14.4. The van der Waals surface area contributed by atoms with E-state index in [1.54, 1.807) is 4.90 Å². The molecule has 1 amide bonds. The molecule has 1 aliphatic carbocycles. The van der Waals surface area contributed by atoms with Gasteiger partial charge in [-0.1, -0.05) is 6.58 Å². The van der Waals surface area contributed by atoms with Gasteiger partial charge in [0.15, 0.2) is 17.5 Å². The molecule has 1 heterocycles. The first-order valence-corrected chi connectivity index (χ1v) is 11.7. The number of aliphatic imine (C=N–C) groups is 2. The molecule has 1 fully saturated rings. The van der Waals surface area contributed by atoms with Crippen LogP contribution in [-0.4, -0.2) is 41.2 Å². The van der Waals surface area contributed by atoms with Crippen molar-refractivity contribution >= 4 is 23.4 Å². The normalized spacial score (nSPS) is 22.5. The van der Waals surface area contributed by atoms with Gasteiger partial charge in [0.2, 0.25) is 11.9 Å². The molecule has 1 saturated carbocycles. The summed E-state index contributed by atoms with van der Waals surface area (Å²) in [5, 5.41) is 8.62. The van der Waals surface area contributed by atoms with Crippen molar-refractivity contribution in [3.63, 3.8) is 0 Å². The first kappa shape index (κ1) is 26.1. The molecule has 190 valence electrons. The molecule has 0 aromatic heterocycles. The molecule has 35 heavy (non-hydrogen) atoms. The maximum Gasteiger partial charge on any atom is 0.223 e. The molecule has 11 heteroatoms. The fourth-order valence-electron chi connectivity index (χ4n) is 4.28. The molecule has 0 bridgehead atoms. The van der Waals surface area contributed by atoms with E-state index in [4.69, 9.17) is 5.73 Å². The second-order valence-electron chi connectivity index (χ2n) is 8.81. The third kappa shape index (κ3) is 6.14. The minimum atomic E-state index is -1.10. The van der Waals surface area contributed by atoms with Crippen molar-refractivity contribution in [2.75, 3.05) is 11.9 Å². The summed E-state index contributed by atoms with van der Waals surface area (Å²) < 4.78 is 42.3. The lowest BCUT2D eigenvalue weighted by atomic mass is 9.84. The van der Waals surface area contributed by atoms with Gasteiger partial charge in [-0.05, 0) is 46.5 Å². The highest BCUT2D eigenvalue weighted by Crippen LogP contribution is 2.33. The molecule has 0 saturated heterocycles. The Hall–Kier alpha value is -3.50. The van der Waals surface area contributed by atoms with Crippen molar-refractivity contribution in [3.05, 3.63) is 53.9 Å². The van der Waals surface area contributed by atoms with E-state index in [1.807, 2.05) is 20.8 Å². The zero-order chi connectivity index (χ0) is 25.7. The zero-order valence-electron chi connectivity index (χ0n) is 20.2. The van der Waals surface area contributed by atoms with Gasteiger partial charge in [-0.25, -0.2) is 23.2 Å². The van der Waals surface area contributed by atoms with E-state index >= 15 is 0 Å². The number of benzene rings is 1. The number of anilines is 1. The molecular weight excluding hydrogens is 459 g/mol. The minimum Gasteiger partial charge on any atom is -0.403 e. The Morgan fingerprint density at radius 2 is 1.89 bits per heavy atom. The Balaban J connectivity index is 1.95. The Morgan fingerprint density at radius 3 is 2.43 bits per heavy atom. The average Bonchev–Trinajstić information content (AvgIpc) is 3.12. The van der Waals surface area contributed by atoms with E-state index in [-0.39, 0.29) is 35.6 Å². The molecule has 0 radical (unpaired) electrons. The molecule has 2 aliphatic rings. The topological polar surface area (TPSA) is 107 Å². The quantitative estimate of drug-likeness (QED) is 0.467. The third-order valence-corrected chi connectivity index (χ3v) is 5.79. The molecule has 0 atom stereocenters. The number of carbonyl (C=O) groups excluding carboxylic acids is 1. The van der Waals surface area contributed by atoms with E-state index in [0.717, 1.165) is 0 Å². The highest BCUT2D eigenvalue weighted by molar-refractivity contribution is 6.18. The van der Waals surface area contributed by atoms with Gasteiger partial charge in [0.25, 0.3) is 0 Å². The number of nitrogens with zero attached hydrogens (tertiary/aromatic N) is 3. The van der Waals surface area contributed by atoms with Crippen LogP contribution in [0.2, 0.25) is 0 Å². The number of halogens is 3. The summed E-state index contributed by atoms with van der Waals surface area (Å²) >= 11 is 0. The molecule has 3 rings (SSSR count). The van der Waals surface area contributed by atoms with Gasteiger partial charge >= 0.3 is 0 Å². The van der Waals surface area contributed by atoms with Crippen molar-refractivity contribution in [1.29, 1.82) is 0 Å². The fraction of sp³-hybridized carbons (Fsp3) is 0.458. The fourth-order valence-corrected chi connectivity index (χ4v) is 4.28. The molecule has 1 aliphatic heterocycles. The summed E-state index contributed by atoms with van der Waals surface area (Å²) in [5.74, 6) is -2.50.